The second-order valence-corrected chi connectivity index (χ2v) is 7.05. The molecule has 0 saturated heterocycles. The predicted octanol–water partition coefficient (Wildman–Crippen LogP) is 3.70. The molecule has 7 nitrogen and oxygen atoms in total. The Kier molecular flexibility index (Phi) is 8.93. The molecule has 8 heteroatoms. The third-order valence-corrected chi connectivity index (χ3v) is 4.83. The SMILES string of the molecule is CCOCCCN(CC(=O)c1c(C)[nH]c(C(=O)OCC)c1C)C(=O)c1ccc(F)cc1. The highest BCUT2D eigenvalue weighted by Gasteiger charge is 2.26. The summed E-state index contributed by atoms with van der Waals surface area (Å²) in [6.45, 7) is 8.31. The van der Waals surface area contributed by atoms with Gasteiger partial charge in [-0.2, -0.15) is 0 Å². The number of H-pyrrole nitrogens is 1. The zero-order chi connectivity index (χ0) is 23.0. The number of hydrogen-bond acceptors (Lipinski definition) is 5. The molecule has 31 heavy (non-hydrogen) atoms. The number of amides is 1. The van der Waals surface area contributed by atoms with E-state index in [-0.39, 0.29) is 30.5 Å². The summed E-state index contributed by atoms with van der Waals surface area (Å²) >= 11 is 0. The number of carbonyl (C=O) groups is 3. The Bertz CT molecular complexity index is 921. The van der Waals surface area contributed by atoms with Gasteiger partial charge in [-0.1, -0.05) is 0 Å². The van der Waals surface area contributed by atoms with Crippen LogP contribution < -0.4 is 0 Å². The minimum absolute atomic E-state index is 0.176. The fourth-order valence-corrected chi connectivity index (χ4v) is 3.36. The molecule has 1 aromatic heterocycles. The van der Waals surface area contributed by atoms with Crippen LogP contribution in [-0.2, 0) is 9.47 Å². The van der Waals surface area contributed by atoms with Gasteiger partial charge < -0.3 is 19.4 Å². The van der Waals surface area contributed by atoms with Crippen molar-refractivity contribution in [1.82, 2.24) is 9.88 Å². The summed E-state index contributed by atoms with van der Waals surface area (Å²) in [6.07, 6.45) is 0.549. The van der Waals surface area contributed by atoms with Crippen molar-refractivity contribution >= 4 is 17.7 Å². The number of aromatic amines is 1. The van der Waals surface area contributed by atoms with Crippen molar-refractivity contribution in [3.05, 3.63) is 58.2 Å². The number of aryl methyl sites for hydroxylation is 1. The molecule has 0 spiro atoms. The molecule has 0 radical (unpaired) electrons. The molecule has 168 valence electrons. The highest BCUT2D eigenvalue weighted by atomic mass is 19.1. The van der Waals surface area contributed by atoms with Gasteiger partial charge in [-0.25, -0.2) is 9.18 Å². The molecule has 0 atom stereocenters. The summed E-state index contributed by atoms with van der Waals surface area (Å²) in [5, 5.41) is 0. The third-order valence-electron chi connectivity index (χ3n) is 4.83. The highest BCUT2D eigenvalue weighted by Crippen LogP contribution is 2.20. The van der Waals surface area contributed by atoms with E-state index in [1.165, 1.54) is 29.2 Å². The van der Waals surface area contributed by atoms with Crippen LogP contribution in [0, 0.1) is 19.7 Å². The fraction of sp³-hybridized carbons (Fsp3) is 0.435. The van der Waals surface area contributed by atoms with Gasteiger partial charge in [0.25, 0.3) is 5.91 Å². The quantitative estimate of drug-likeness (QED) is 0.332. The fourth-order valence-electron chi connectivity index (χ4n) is 3.36. The van der Waals surface area contributed by atoms with Gasteiger partial charge in [0.05, 0.1) is 13.2 Å². The number of nitrogens with zero attached hydrogens (tertiary/aromatic N) is 1. The minimum atomic E-state index is -0.530. The van der Waals surface area contributed by atoms with Gasteiger partial charge in [-0.3, -0.25) is 9.59 Å². The number of aromatic nitrogens is 1. The van der Waals surface area contributed by atoms with E-state index in [0.29, 0.717) is 48.6 Å². The number of benzene rings is 1. The summed E-state index contributed by atoms with van der Waals surface area (Å²) in [7, 11) is 0. The van der Waals surface area contributed by atoms with Crippen LogP contribution in [0.5, 0.6) is 0 Å². The second kappa shape index (κ2) is 11.4. The predicted molar refractivity (Wildman–Crippen MR) is 114 cm³/mol. The lowest BCUT2D eigenvalue weighted by Crippen LogP contribution is -2.37. The van der Waals surface area contributed by atoms with Crippen LogP contribution in [0.25, 0.3) is 0 Å². The lowest BCUT2D eigenvalue weighted by molar-refractivity contribution is 0.0519. The summed E-state index contributed by atoms with van der Waals surface area (Å²) in [6, 6.07) is 5.20. The lowest BCUT2D eigenvalue weighted by Gasteiger charge is -2.22. The number of ketones is 1. The first-order valence-electron chi connectivity index (χ1n) is 10.3. The number of carbonyl (C=O) groups excluding carboxylic acids is 3. The van der Waals surface area contributed by atoms with Crippen molar-refractivity contribution in [3.63, 3.8) is 0 Å². The summed E-state index contributed by atoms with van der Waals surface area (Å²) < 4.78 is 23.6. The van der Waals surface area contributed by atoms with Crippen LogP contribution >= 0.6 is 0 Å². The Morgan fingerprint density at radius 2 is 1.74 bits per heavy atom. The molecule has 0 saturated carbocycles. The molecule has 0 fully saturated rings. The average molecular weight is 432 g/mol. The van der Waals surface area contributed by atoms with E-state index in [2.05, 4.69) is 4.98 Å². The van der Waals surface area contributed by atoms with Gasteiger partial charge in [-0.05, 0) is 63.9 Å². The molecule has 0 aliphatic rings. The van der Waals surface area contributed by atoms with Crippen LogP contribution in [0.4, 0.5) is 4.39 Å². The summed E-state index contributed by atoms with van der Waals surface area (Å²) in [5.41, 5.74) is 1.92. The molecule has 1 heterocycles. The van der Waals surface area contributed by atoms with E-state index in [1.807, 2.05) is 6.92 Å². The molecule has 2 rings (SSSR count). The molecule has 0 bridgehead atoms. The molecular formula is C23H29FN2O5. The maximum Gasteiger partial charge on any atom is 0.355 e. The third kappa shape index (κ3) is 6.24. The normalized spacial score (nSPS) is 10.7. The molecule has 1 N–H and O–H groups in total. The molecule has 0 aliphatic heterocycles. The van der Waals surface area contributed by atoms with E-state index in [9.17, 15) is 18.8 Å². The van der Waals surface area contributed by atoms with Crippen molar-refractivity contribution in [2.45, 2.75) is 34.1 Å². The van der Waals surface area contributed by atoms with E-state index in [4.69, 9.17) is 9.47 Å². The Morgan fingerprint density at radius 1 is 1.06 bits per heavy atom. The first-order valence-corrected chi connectivity index (χ1v) is 10.3. The number of ether oxygens (including phenoxy) is 2. The minimum Gasteiger partial charge on any atom is -0.461 e. The number of Topliss-reactive ketones (excluding diaryl/α,β-unsaturated/α-hetero) is 1. The first kappa shape index (κ1) is 24.3. The van der Waals surface area contributed by atoms with Crippen molar-refractivity contribution in [3.8, 4) is 0 Å². The van der Waals surface area contributed by atoms with Gasteiger partial charge in [0, 0.05) is 36.6 Å². The van der Waals surface area contributed by atoms with Gasteiger partial charge in [-0.15, -0.1) is 0 Å². The monoisotopic (exact) mass is 432 g/mol. The Balaban J connectivity index is 2.25. The van der Waals surface area contributed by atoms with Gasteiger partial charge in [0.15, 0.2) is 5.78 Å². The largest absolute Gasteiger partial charge is 0.461 e. The Hall–Kier alpha value is -3.00. The molecule has 1 aromatic carbocycles. The Labute approximate surface area is 181 Å². The highest BCUT2D eigenvalue weighted by molar-refractivity contribution is 6.05. The molecule has 2 aromatic rings. The van der Waals surface area contributed by atoms with Crippen molar-refractivity contribution in [2.75, 3.05) is 32.9 Å². The molecule has 1 amide bonds. The number of rotatable bonds is 11. The van der Waals surface area contributed by atoms with Gasteiger partial charge in [0.2, 0.25) is 0 Å². The molecular weight excluding hydrogens is 403 g/mol. The van der Waals surface area contributed by atoms with E-state index in [1.54, 1.807) is 20.8 Å². The van der Waals surface area contributed by atoms with Crippen molar-refractivity contribution in [2.24, 2.45) is 0 Å². The smallest absolute Gasteiger partial charge is 0.355 e. The Morgan fingerprint density at radius 3 is 2.35 bits per heavy atom. The topological polar surface area (TPSA) is 88.7 Å². The first-order chi connectivity index (χ1) is 14.8. The van der Waals surface area contributed by atoms with Crippen molar-refractivity contribution < 1.29 is 28.2 Å². The number of hydrogen-bond donors (Lipinski definition) is 1. The van der Waals surface area contributed by atoms with Crippen LogP contribution in [0.3, 0.4) is 0 Å². The maximum absolute atomic E-state index is 13.2. The van der Waals surface area contributed by atoms with Gasteiger partial charge in [0.1, 0.15) is 11.5 Å². The standard InChI is InChI=1S/C23H29FN2O5/c1-5-30-13-7-12-26(22(28)17-8-10-18(24)11-9-17)14-19(27)20-15(3)21(25-16(20)4)23(29)31-6-2/h8-11,25H,5-7,12-14H2,1-4H3. The average Bonchev–Trinajstić information content (AvgIpc) is 3.04. The number of esters is 1. The number of halogens is 1. The van der Waals surface area contributed by atoms with Crippen LogP contribution in [0.2, 0.25) is 0 Å². The van der Waals surface area contributed by atoms with E-state index < -0.39 is 11.8 Å². The van der Waals surface area contributed by atoms with Crippen molar-refractivity contribution in [1.29, 1.82) is 0 Å². The molecule has 0 unspecified atom stereocenters. The van der Waals surface area contributed by atoms with E-state index in [0.717, 1.165) is 0 Å². The van der Waals surface area contributed by atoms with Gasteiger partial charge >= 0.3 is 5.97 Å². The molecule has 0 aliphatic carbocycles. The van der Waals surface area contributed by atoms with Crippen LogP contribution in [0.15, 0.2) is 24.3 Å². The van der Waals surface area contributed by atoms with Crippen LogP contribution in [0.1, 0.15) is 62.7 Å². The van der Waals surface area contributed by atoms with E-state index >= 15 is 0 Å². The summed E-state index contributed by atoms with van der Waals surface area (Å²) in [5.74, 6) is -1.64. The zero-order valence-electron chi connectivity index (χ0n) is 18.4. The summed E-state index contributed by atoms with van der Waals surface area (Å²) in [4.78, 5) is 42.6. The maximum atomic E-state index is 13.2. The number of nitrogens with one attached hydrogen (secondary N) is 1. The van der Waals surface area contributed by atoms with Crippen LogP contribution in [-0.4, -0.2) is 60.5 Å². The zero-order valence-corrected chi connectivity index (χ0v) is 18.4. The lowest BCUT2D eigenvalue weighted by atomic mass is 10.0. The second-order valence-electron chi connectivity index (χ2n) is 7.05.